The topological polar surface area (TPSA) is 35.2 Å². The van der Waals surface area contributed by atoms with Gasteiger partial charge in [-0.25, -0.2) is 0 Å². The molecule has 0 aliphatic carbocycles. The Morgan fingerprint density at radius 3 is 2.50 bits per heavy atom. The van der Waals surface area contributed by atoms with Gasteiger partial charge in [0, 0.05) is 12.1 Å². The molecule has 0 saturated heterocycles. The zero-order valence-corrected chi connectivity index (χ0v) is 10.8. The van der Waals surface area contributed by atoms with Gasteiger partial charge in [-0.15, -0.1) is 0 Å². The fourth-order valence-electron chi connectivity index (χ4n) is 1.87. The molecule has 0 amide bonds. The van der Waals surface area contributed by atoms with Crippen LogP contribution in [0.1, 0.15) is 38.3 Å². The molecule has 0 aliphatic rings. The number of hydrogen-bond acceptors (Lipinski definition) is 2. The van der Waals surface area contributed by atoms with Crippen LogP contribution in [0.4, 0.5) is 0 Å². The summed E-state index contributed by atoms with van der Waals surface area (Å²) in [6.45, 7) is 9.13. The van der Waals surface area contributed by atoms with E-state index in [1.54, 1.807) is 0 Å². The van der Waals surface area contributed by atoms with E-state index < -0.39 is 0 Å². The largest absolute Gasteiger partial charge is 0.490 e. The maximum Gasteiger partial charge on any atom is 0.124 e. The first kappa shape index (κ1) is 13.0. The van der Waals surface area contributed by atoms with Crippen molar-refractivity contribution in [3.63, 3.8) is 0 Å². The maximum absolute atomic E-state index is 5.95. The SMILES string of the molecule is Cc1ccc(CN)c(O[C@@H](C)CC(C)C)c1. The van der Waals surface area contributed by atoms with E-state index in [0.717, 1.165) is 17.7 Å². The third-order valence-electron chi connectivity index (χ3n) is 2.57. The van der Waals surface area contributed by atoms with Gasteiger partial charge in [-0.1, -0.05) is 26.0 Å². The predicted molar refractivity (Wildman–Crippen MR) is 68.6 cm³/mol. The molecule has 0 saturated carbocycles. The molecule has 1 rings (SSSR count). The third-order valence-corrected chi connectivity index (χ3v) is 2.57. The van der Waals surface area contributed by atoms with Gasteiger partial charge in [0.25, 0.3) is 0 Å². The lowest BCUT2D eigenvalue weighted by Gasteiger charge is -2.19. The summed E-state index contributed by atoms with van der Waals surface area (Å²) >= 11 is 0. The minimum Gasteiger partial charge on any atom is -0.490 e. The van der Waals surface area contributed by atoms with Crippen molar-refractivity contribution in [3.8, 4) is 5.75 Å². The molecule has 2 N–H and O–H groups in total. The van der Waals surface area contributed by atoms with Crippen LogP contribution in [0.2, 0.25) is 0 Å². The smallest absolute Gasteiger partial charge is 0.124 e. The first-order valence-electron chi connectivity index (χ1n) is 5.99. The fraction of sp³-hybridized carbons (Fsp3) is 0.571. The van der Waals surface area contributed by atoms with Gasteiger partial charge < -0.3 is 10.5 Å². The first-order chi connectivity index (χ1) is 7.52. The van der Waals surface area contributed by atoms with Crippen LogP contribution in [-0.4, -0.2) is 6.10 Å². The molecule has 1 aromatic carbocycles. The lowest BCUT2D eigenvalue weighted by atomic mass is 10.1. The molecule has 1 atom stereocenters. The molecular formula is C14H23NO. The van der Waals surface area contributed by atoms with Gasteiger partial charge >= 0.3 is 0 Å². The highest BCUT2D eigenvalue weighted by Crippen LogP contribution is 2.22. The van der Waals surface area contributed by atoms with Crippen molar-refractivity contribution >= 4 is 0 Å². The molecule has 2 heteroatoms. The van der Waals surface area contributed by atoms with Crippen LogP contribution in [-0.2, 0) is 6.54 Å². The second kappa shape index (κ2) is 5.90. The molecule has 0 fully saturated rings. The summed E-state index contributed by atoms with van der Waals surface area (Å²) in [6, 6.07) is 6.19. The van der Waals surface area contributed by atoms with E-state index in [0.29, 0.717) is 12.5 Å². The lowest BCUT2D eigenvalue weighted by molar-refractivity contribution is 0.191. The van der Waals surface area contributed by atoms with Crippen molar-refractivity contribution in [3.05, 3.63) is 29.3 Å². The molecule has 0 radical (unpaired) electrons. The van der Waals surface area contributed by atoms with Gasteiger partial charge in [0.15, 0.2) is 0 Å². The van der Waals surface area contributed by atoms with Crippen molar-refractivity contribution in [2.24, 2.45) is 11.7 Å². The van der Waals surface area contributed by atoms with Crippen molar-refractivity contribution in [2.45, 2.75) is 46.8 Å². The molecule has 2 nitrogen and oxygen atoms in total. The van der Waals surface area contributed by atoms with Crippen molar-refractivity contribution in [1.82, 2.24) is 0 Å². The van der Waals surface area contributed by atoms with Gasteiger partial charge in [-0.05, 0) is 37.8 Å². The Labute approximate surface area is 98.8 Å². The van der Waals surface area contributed by atoms with Crippen LogP contribution in [0.15, 0.2) is 18.2 Å². The minimum atomic E-state index is 0.243. The van der Waals surface area contributed by atoms with E-state index in [-0.39, 0.29) is 6.10 Å². The van der Waals surface area contributed by atoms with E-state index in [1.165, 1.54) is 5.56 Å². The molecule has 0 heterocycles. The van der Waals surface area contributed by atoms with Crippen molar-refractivity contribution in [1.29, 1.82) is 0 Å². The number of aryl methyl sites for hydroxylation is 1. The second-order valence-corrected chi connectivity index (χ2v) is 4.87. The Balaban J connectivity index is 2.74. The quantitative estimate of drug-likeness (QED) is 0.828. The number of ether oxygens (including phenoxy) is 1. The van der Waals surface area contributed by atoms with Crippen molar-refractivity contribution in [2.75, 3.05) is 0 Å². The summed E-state index contributed by atoms with van der Waals surface area (Å²) in [5.74, 6) is 1.59. The fourth-order valence-corrected chi connectivity index (χ4v) is 1.87. The molecule has 1 aromatic rings. The Kier molecular flexibility index (Phi) is 4.81. The zero-order valence-electron chi connectivity index (χ0n) is 10.8. The number of rotatable bonds is 5. The van der Waals surface area contributed by atoms with Crippen LogP contribution >= 0.6 is 0 Å². The predicted octanol–water partition coefficient (Wildman–Crippen LogP) is 3.27. The standard InChI is InChI=1S/C14H23NO/c1-10(2)7-12(4)16-14-8-11(3)5-6-13(14)9-15/h5-6,8,10,12H,7,9,15H2,1-4H3/t12-/m0/s1. The van der Waals surface area contributed by atoms with Crippen LogP contribution < -0.4 is 10.5 Å². The molecule has 16 heavy (non-hydrogen) atoms. The molecule has 0 bridgehead atoms. The van der Waals surface area contributed by atoms with E-state index in [4.69, 9.17) is 10.5 Å². The maximum atomic E-state index is 5.95. The highest BCUT2D eigenvalue weighted by atomic mass is 16.5. The van der Waals surface area contributed by atoms with Crippen LogP contribution in [0, 0.1) is 12.8 Å². The van der Waals surface area contributed by atoms with E-state index >= 15 is 0 Å². The lowest BCUT2D eigenvalue weighted by Crippen LogP contribution is -2.16. The average Bonchev–Trinajstić information content (AvgIpc) is 2.16. The Hall–Kier alpha value is -1.02. The van der Waals surface area contributed by atoms with E-state index in [9.17, 15) is 0 Å². The summed E-state index contributed by atoms with van der Waals surface area (Å²) in [7, 11) is 0. The summed E-state index contributed by atoms with van der Waals surface area (Å²) in [5, 5.41) is 0. The number of benzene rings is 1. The Morgan fingerprint density at radius 2 is 1.94 bits per heavy atom. The van der Waals surface area contributed by atoms with Gasteiger partial charge in [0.2, 0.25) is 0 Å². The Bertz CT molecular complexity index is 334. The molecular weight excluding hydrogens is 198 g/mol. The zero-order chi connectivity index (χ0) is 12.1. The monoisotopic (exact) mass is 221 g/mol. The Morgan fingerprint density at radius 1 is 1.25 bits per heavy atom. The molecule has 0 aromatic heterocycles. The van der Waals surface area contributed by atoms with Crippen LogP contribution in [0.3, 0.4) is 0 Å². The number of nitrogens with two attached hydrogens (primary N) is 1. The average molecular weight is 221 g/mol. The van der Waals surface area contributed by atoms with Gasteiger partial charge in [0.05, 0.1) is 6.10 Å². The second-order valence-electron chi connectivity index (χ2n) is 4.87. The van der Waals surface area contributed by atoms with Gasteiger partial charge in [-0.3, -0.25) is 0 Å². The highest BCUT2D eigenvalue weighted by molar-refractivity contribution is 5.37. The normalized spacial score (nSPS) is 12.9. The van der Waals surface area contributed by atoms with Crippen molar-refractivity contribution < 1.29 is 4.74 Å². The number of hydrogen-bond donors (Lipinski definition) is 1. The molecule has 0 unspecified atom stereocenters. The molecule has 90 valence electrons. The highest BCUT2D eigenvalue weighted by Gasteiger charge is 2.09. The van der Waals surface area contributed by atoms with Crippen LogP contribution in [0.5, 0.6) is 5.75 Å². The third kappa shape index (κ3) is 3.86. The summed E-state index contributed by atoms with van der Waals surface area (Å²) in [5.41, 5.74) is 7.99. The summed E-state index contributed by atoms with van der Waals surface area (Å²) < 4.78 is 5.95. The van der Waals surface area contributed by atoms with E-state index in [1.807, 2.05) is 6.07 Å². The van der Waals surface area contributed by atoms with Crippen LogP contribution in [0.25, 0.3) is 0 Å². The molecule has 0 aliphatic heterocycles. The molecule has 0 spiro atoms. The minimum absolute atomic E-state index is 0.243. The van der Waals surface area contributed by atoms with Gasteiger partial charge in [-0.2, -0.15) is 0 Å². The van der Waals surface area contributed by atoms with Gasteiger partial charge in [0.1, 0.15) is 5.75 Å². The summed E-state index contributed by atoms with van der Waals surface area (Å²) in [4.78, 5) is 0. The first-order valence-corrected chi connectivity index (χ1v) is 5.99. The summed E-state index contributed by atoms with van der Waals surface area (Å²) in [6.07, 6.45) is 1.31. The van der Waals surface area contributed by atoms with E-state index in [2.05, 4.69) is 39.8 Å².